The van der Waals surface area contributed by atoms with Gasteiger partial charge in [-0.15, -0.1) is 0 Å². The maximum atomic E-state index is 6.19. The van der Waals surface area contributed by atoms with Gasteiger partial charge in [-0.2, -0.15) is 29.8 Å². The van der Waals surface area contributed by atoms with E-state index in [0.29, 0.717) is 44.1 Å². The number of nitrogens with zero attached hydrogens (tertiary/aromatic N) is 6. The van der Waals surface area contributed by atoms with Crippen LogP contribution in [0.2, 0.25) is 10.0 Å². The smallest absolute Gasteiger partial charge is 0.216 e. The van der Waals surface area contributed by atoms with E-state index in [4.69, 9.17) is 47.6 Å². The van der Waals surface area contributed by atoms with Crippen molar-refractivity contribution >= 4 is 60.1 Å². The highest BCUT2D eigenvalue weighted by Gasteiger charge is 2.10. The lowest BCUT2D eigenvalue weighted by atomic mass is 10.2. The first kappa shape index (κ1) is 22.3. The molecule has 4 aromatic rings. The molecule has 0 spiro atoms. The topological polar surface area (TPSA) is 91.9 Å². The Labute approximate surface area is 203 Å². The summed E-state index contributed by atoms with van der Waals surface area (Å²) in [6, 6.07) is 14.8. The van der Waals surface area contributed by atoms with Crippen molar-refractivity contribution in [1.82, 2.24) is 29.7 Å². The van der Waals surface area contributed by atoms with Crippen molar-refractivity contribution in [2.75, 3.05) is 0 Å². The average Bonchev–Trinajstić information content (AvgIpc) is 3.32. The number of aromatic nitrogens is 6. The number of hydrogen-bond acceptors (Lipinski definition) is 6. The Bertz CT molecular complexity index is 1310. The third kappa shape index (κ3) is 5.10. The van der Waals surface area contributed by atoms with Gasteiger partial charge in [0, 0.05) is 34.0 Å². The molecule has 0 saturated carbocycles. The van der Waals surface area contributed by atoms with Gasteiger partial charge >= 0.3 is 0 Å². The van der Waals surface area contributed by atoms with Crippen LogP contribution in [0.25, 0.3) is 0 Å². The van der Waals surface area contributed by atoms with Gasteiger partial charge in [0.2, 0.25) is 9.54 Å². The standard InChI is InChI=1S/C20H16Cl2N8S2/c21-15-7-3-1-5-13(15)11-23-29-17(25-27-19(29)31)9-10-18-26-28-20(32)30(18)24-12-14-6-2-4-8-16(14)22/h1-8,11-12H,9-10H2,(H,27,31)(H,28,32)/b23-11+,24-12+. The summed E-state index contributed by atoms with van der Waals surface area (Å²) in [5.74, 6) is 1.27. The lowest BCUT2D eigenvalue weighted by molar-refractivity contribution is 0.699. The van der Waals surface area contributed by atoms with E-state index < -0.39 is 0 Å². The number of hydrogen-bond donors (Lipinski definition) is 2. The zero-order valence-electron chi connectivity index (χ0n) is 16.4. The summed E-state index contributed by atoms with van der Waals surface area (Å²) in [5.41, 5.74) is 1.55. The molecule has 0 fully saturated rings. The van der Waals surface area contributed by atoms with Gasteiger partial charge in [0.1, 0.15) is 0 Å². The quantitative estimate of drug-likeness (QED) is 0.273. The largest absolute Gasteiger partial charge is 0.250 e. The molecule has 0 radical (unpaired) electrons. The molecule has 0 aliphatic heterocycles. The molecule has 32 heavy (non-hydrogen) atoms. The van der Waals surface area contributed by atoms with Gasteiger partial charge in [0.15, 0.2) is 11.6 Å². The Balaban J connectivity index is 1.53. The SMILES string of the molecule is S=c1[nH]nc(CCc2n[nH]c(=S)n2/N=C/c2ccccc2Cl)n1/N=C/c1ccccc1Cl. The van der Waals surface area contributed by atoms with Gasteiger partial charge in [0.05, 0.1) is 12.4 Å². The molecule has 2 N–H and O–H groups in total. The fourth-order valence-corrected chi connectivity index (χ4v) is 3.60. The first-order valence-corrected chi connectivity index (χ1v) is 11.0. The van der Waals surface area contributed by atoms with Gasteiger partial charge in [-0.3, -0.25) is 10.2 Å². The Morgan fingerprint density at radius 1 is 0.750 bits per heavy atom. The summed E-state index contributed by atoms with van der Waals surface area (Å²) in [5, 5.41) is 24.1. The van der Waals surface area contributed by atoms with Crippen molar-refractivity contribution in [1.29, 1.82) is 0 Å². The minimum atomic E-state index is 0.374. The van der Waals surface area contributed by atoms with Crippen LogP contribution >= 0.6 is 47.6 Å². The van der Waals surface area contributed by atoms with Crippen LogP contribution in [0.1, 0.15) is 22.8 Å². The van der Waals surface area contributed by atoms with Crippen LogP contribution in [0, 0.1) is 9.54 Å². The van der Waals surface area contributed by atoms with Crippen molar-refractivity contribution < 1.29 is 0 Å². The normalized spacial score (nSPS) is 11.7. The third-order valence-corrected chi connectivity index (χ3v) is 5.66. The van der Waals surface area contributed by atoms with Crippen LogP contribution in [0.5, 0.6) is 0 Å². The first-order valence-electron chi connectivity index (χ1n) is 9.43. The highest BCUT2D eigenvalue weighted by Crippen LogP contribution is 2.14. The molecule has 2 heterocycles. The zero-order valence-corrected chi connectivity index (χ0v) is 19.6. The molecule has 0 amide bonds. The van der Waals surface area contributed by atoms with Gasteiger partial charge in [0.25, 0.3) is 0 Å². The summed E-state index contributed by atoms with van der Waals surface area (Å²) in [4.78, 5) is 0. The predicted octanol–water partition coefficient (Wildman–Crippen LogP) is 5.05. The van der Waals surface area contributed by atoms with E-state index in [0.717, 1.165) is 11.1 Å². The van der Waals surface area contributed by atoms with Crippen LogP contribution in [0.3, 0.4) is 0 Å². The van der Waals surface area contributed by atoms with E-state index in [1.807, 2.05) is 36.4 Å². The molecule has 0 aliphatic carbocycles. The second kappa shape index (κ2) is 10.1. The summed E-state index contributed by atoms with van der Waals surface area (Å²) in [7, 11) is 0. The van der Waals surface area contributed by atoms with Crippen molar-refractivity contribution in [3.05, 3.63) is 90.9 Å². The number of benzene rings is 2. The van der Waals surface area contributed by atoms with Crippen LogP contribution in [0.15, 0.2) is 58.7 Å². The molecule has 2 aromatic carbocycles. The molecule has 162 valence electrons. The lowest BCUT2D eigenvalue weighted by Crippen LogP contribution is -2.05. The second-order valence-electron chi connectivity index (χ2n) is 6.55. The molecule has 4 rings (SSSR count). The highest BCUT2D eigenvalue weighted by molar-refractivity contribution is 7.71. The summed E-state index contributed by atoms with van der Waals surface area (Å²) in [6.07, 6.45) is 4.27. The number of halogens is 2. The Kier molecular flexibility index (Phi) is 7.05. The molecular formula is C20H16Cl2N8S2. The van der Waals surface area contributed by atoms with Gasteiger partial charge in [-0.25, -0.2) is 0 Å². The third-order valence-electron chi connectivity index (χ3n) is 4.44. The molecule has 0 atom stereocenters. The van der Waals surface area contributed by atoms with Gasteiger partial charge in [-0.05, 0) is 36.6 Å². The summed E-state index contributed by atoms with van der Waals surface area (Å²) >= 11 is 23.0. The molecule has 0 unspecified atom stereocenters. The lowest BCUT2D eigenvalue weighted by Gasteiger charge is -2.03. The molecule has 12 heteroatoms. The van der Waals surface area contributed by atoms with Crippen molar-refractivity contribution in [3.63, 3.8) is 0 Å². The average molecular weight is 503 g/mol. The number of aryl methyl sites for hydroxylation is 2. The van der Waals surface area contributed by atoms with Crippen LogP contribution in [-0.4, -0.2) is 42.2 Å². The minimum Gasteiger partial charge on any atom is -0.250 e. The Morgan fingerprint density at radius 3 is 1.56 bits per heavy atom. The maximum absolute atomic E-state index is 6.19. The molecule has 8 nitrogen and oxygen atoms in total. The van der Waals surface area contributed by atoms with E-state index in [1.54, 1.807) is 33.9 Å². The van der Waals surface area contributed by atoms with E-state index in [-0.39, 0.29) is 0 Å². The first-order chi connectivity index (χ1) is 15.5. The van der Waals surface area contributed by atoms with Crippen LogP contribution in [-0.2, 0) is 12.8 Å². The minimum absolute atomic E-state index is 0.374. The number of rotatable bonds is 7. The predicted molar refractivity (Wildman–Crippen MR) is 131 cm³/mol. The van der Waals surface area contributed by atoms with E-state index in [1.165, 1.54) is 0 Å². The summed E-state index contributed by atoms with van der Waals surface area (Å²) in [6.45, 7) is 0. The number of nitrogens with one attached hydrogen (secondary N) is 2. The van der Waals surface area contributed by atoms with Crippen LogP contribution in [0.4, 0.5) is 0 Å². The Hall–Kier alpha value is -2.92. The highest BCUT2D eigenvalue weighted by atomic mass is 35.5. The van der Waals surface area contributed by atoms with Crippen molar-refractivity contribution in [2.24, 2.45) is 10.2 Å². The van der Waals surface area contributed by atoms with E-state index in [9.17, 15) is 0 Å². The molecule has 0 bridgehead atoms. The monoisotopic (exact) mass is 502 g/mol. The number of aromatic amines is 2. The fraction of sp³-hybridized carbons (Fsp3) is 0.100. The van der Waals surface area contributed by atoms with Gasteiger partial charge < -0.3 is 0 Å². The maximum Gasteiger partial charge on any atom is 0.216 e. The van der Waals surface area contributed by atoms with E-state index in [2.05, 4.69) is 30.6 Å². The molecular weight excluding hydrogens is 487 g/mol. The molecule has 0 saturated heterocycles. The summed E-state index contributed by atoms with van der Waals surface area (Å²) < 4.78 is 3.85. The van der Waals surface area contributed by atoms with Gasteiger partial charge in [-0.1, -0.05) is 59.6 Å². The Morgan fingerprint density at radius 2 is 1.16 bits per heavy atom. The van der Waals surface area contributed by atoms with Crippen molar-refractivity contribution in [3.8, 4) is 0 Å². The molecule has 2 aromatic heterocycles. The van der Waals surface area contributed by atoms with Crippen LogP contribution < -0.4 is 0 Å². The zero-order chi connectivity index (χ0) is 22.5. The second-order valence-corrected chi connectivity index (χ2v) is 8.13. The van der Waals surface area contributed by atoms with Crippen molar-refractivity contribution in [2.45, 2.75) is 12.8 Å². The fourth-order valence-electron chi connectivity index (χ4n) is 2.83. The van der Waals surface area contributed by atoms with E-state index >= 15 is 0 Å². The molecule has 0 aliphatic rings. The number of H-pyrrole nitrogens is 2.